The van der Waals surface area contributed by atoms with Crippen LogP contribution >= 0.6 is 11.6 Å². The number of hydrogen-bond acceptors (Lipinski definition) is 5. The monoisotopic (exact) mass is 516 g/mol. The van der Waals surface area contributed by atoms with Gasteiger partial charge in [-0.15, -0.1) is 0 Å². The Hall–Kier alpha value is -3.83. The lowest BCUT2D eigenvalue weighted by atomic mass is 10.2. The lowest BCUT2D eigenvalue weighted by Crippen LogP contribution is -2.35. The number of amides is 3. The minimum atomic E-state index is -0.831. The second-order valence-electron chi connectivity index (χ2n) is 8.18. The largest absolute Gasteiger partial charge is 0.349 e. The van der Waals surface area contributed by atoms with Crippen LogP contribution in [0.15, 0.2) is 48.8 Å². The molecule has 1 unspecified atom stereocenters. The lowest BCUT2D eigenvalue weighted by Gasteiger charge is -2.14. The maximum Gasteiger partial charge on any atom is 0.276 e. The van der Waals surface area contributed by atoms with E-state index in [4.69, 9.17) is 11.6 Å². The van der Waals surface area contributed by atoms with E-state index in [1.54, 1.807) is 24.3 Å². The molecule has 0 saturated carbocycles. The fourth-order valence-electron chi connectivity index (χ4n) is 3.74. The van der Waals surface area contributed by atoms with E-state index in [0.29, 0.717) is 44.0 Å². The highest BCUT2D eigenvalue weighted by molar-refractivity contribution is 6.34. The summed E-state index contributed by atoms with van der Waals surface area (Å²) in [6.07, 6.45) is 0.911. The van der Waals surface area contributed by atoms with E-state index < -0.39 is 29.7 Å². The summed E-state index contributed by atoms with van der Waals surface area (Å²) in [4.78, 5) is 46.1. The molecule has 1 fully saturated rings. The summed E-state index contributed by atoms with van der Waals surface area (Å²) in [6.45, 7) is 1.83. The van der Waals surface area contributed by atoms with Crippen molar-refractivity contribution in [3.63, 3.8) is 0 Å². The Kier molecular flexibility index (Phi) is 7.91. The molecule has 1 aromatic heterocycles. The van der Waals surface area contributed by atoms with Gasteiger partial charge in [-0.05, 0) is 48.9 Å². The predicted molar refractivity (Wildman–Crippen MR) is 131 cm³/mol. The molecule has 2 heterocycles. The van der Waals surface area contributed by atoms with E-state index in [1.807, 2.05) is 4.90 Å². The molecule has 1 saturated heterocycles. The lowest BCUT2D eigenvalue weighted by molar-refractivity contribution is 0.0931. The third-order valence-corrected chi connectivity index (χ3v) is 5.90. The third-order valence-electron chi connectivity index (χ3n) is 5.59. The molecule has 188 valence electrons. The highest BCUT2D eigenvalue weighted by Gasteiger charge is 2.23. The number of aromatic amines is 1. The average molecular weight is 517 g/mol. The molecule has 1 aliphatic rings. The SMILES string of the molecule is O=C(Nc1ccc(NC(=O)c2nc[nH]c2C(=O)NCCN2CCC(F)C2)cc1)c1ccc(F)cc1Cl. The van der Waals surface area contributed by atoms with Crippen LogP contribution in [0.25, 0.3) is 0 Å². The Bertz CT molecular complexity index is 1270. The van der Waals surface area contributed by atoms with Crippen LogP contribution in [0.2, 0.25) is 5.02 Å². The van der Waals surface area contributed by atoms with Crippen molar-refractivity contribution in [2.75, 3.05) is 36.8 Å². The van der Waals surface area contributed by atoms with Crippen molar-refractivity contribution in [3.8, 4) is 0 Å². The second-order valence-corrected chi connectivity index (χ2v) is 8.59. The molecule has 1 atom stereocenters. The molecular formula is C24H23ClF2N6O3. The number of H-pyrrole nitrogens is 1. The number of aromatic nitrogens is 2. The molecule has 2 aromatic carbocycles. The number of likely N-dealkylation sites (tertiary alicyclic amines) is 1. The van der Waals surface area contributed by atoms with Crippen LogP contribution in [0.3, 0.4) is 0 Å². The van der Waals surface area contributed by atoms with Gasteiger partial charge in [0.1, 0.15) is 17.7 Å². The number of rotatable bonds is 8. The fourth-order valence-corrected chi connectivity index (χ4v) is 4.00. The van der Waals surface area contributed by atoms with Gasteiger partial charge in [0.15, 0.2) is 5.69 Å². The molecule has 0 radical (unpaired) electrons. The minimum absolute atomic E-state index is 0.0114. The Balaban J connectivity index is 1.31. The zero-order valence-corrected chi connectivity index (χ0v) is 19.7. The van der Waals surface area contributed by atoms with Gasteiger partial charge >= 0.3 is 0 Å². The van der Waals surface area contributed by atoms with E-state index in [0.717, 1.165) is 12.1 Å². The third kappa shape index (κ3) is 6.23. The molecule has 3 aromatic rings. The van der Waals surface area contributed by atoms with Gasteiger partial charge in [-0.3, -0.25) is 19.3 Å². The van der Waals surface area contributed by atoms with Crippen molar-refractivity contribution in [1.29, 1.82) is 0 Å². The first-order chi connectivity index (χ1) is 17.3. The number of hydrogen-bond donors (Lipinski definition) is 4. The van der Waals surface area contributed by atoms with E-state index >= 15 is 0 Å². The first-order valence-electron chi connectivity index (χ1n) is 11.2. The second kappa shape index (κ2) is 11.3. The Labute approximate surface area is 210 Å². The number of alkyl halides is 1. The average Bonchev–Trinajstić information content (AvgIpc) is 3.49. The van der Waals surface area contributed by atoms with Gasteiger partial charge in [-0.2, -0.15) is 0 Å². The molecular weight excluding hydrogens is 494 g/mol. The van der Waals surface area contributed by atoms with Crippen molar-refractivity contribution in [1.82, 2.24) is 20.2 Å². The molecule has 3 amide bonds. The molecule has 4 N–H and O–H groups in total. The minimum Gasteiger partial charge on any atom is -0.349 e. The number of carbonyl (C=O) groups is 3. The highest BCUT2D eigenvalue weighted by atomic mass is 35.5. The van der Waals surface area contributed by atoms with E-state index in [2.05, 4.69) is 25.9 Å². The van der Waals surface area contributed by atoms with Crippen LogP contribution < -0.4 is 16.0 Å². The summed E-state index contributed by atoms with van der Waals surface area (Å²) >= 11 is 5.92. The van der Waals surface area contributed by atoms with Crippen molar-refractivity contribution >= 4 is 40.7 Å². The van der Waals surface area contributed by atoms with Crippen molar-refractivity contribution < 1.29 is 23.2 Å². The van der Waals surface area contributed by atoms with Crippen molar-refractivity contribution in [2.24, 2.45) is 0 Å². The molecule has 4 rings (SSSR count). The molecule has 9 nitrogen and oxygen atoms in total. The molecule has 0 aliphatic carbocycles. The van der Waals surface area contributed by atoms with E-state index in [1.165, 1.54) is 12.4 Å². The van der Waals surface area contributed by atoms with E-state index in [-0.39, 0.29) is 22.0 Å². The topological polar surface area (TPSA) is 119 Å². The molecule has 12 heteroatoms. The van der Waals surface area contributed by atoms with Gasteiger partial charge in [0.25, 0.3) is 17.7 Å². The Morgan fingerprint density at radius 1 is 1.06 bits per heavy atom. The van der Waals surface area contributed by atoms with Gasteiger partial charge in [0.2, 0.25) is 0 Å². The number of nitrogens with one attached hydrogen (secondary N) is 4. The van der Waals surface area contributed by atoms with Gasteiger partial charge in [-0.25, -0.2) is 13.8 Å². The quantitative estimate of drug-likeness (QED) is 0.365. The summed E-state index contributed by atoms with van der Waals surface area (Å²) in [5.74, 6) is -2.16. The van der Waals surface area contributed by atoms with Crippen LogP contribution in [0.1, 0.15) is 37.8 Å². The van der Waals surface area contributed by atoms with Gasteiger partial charge < -0.3 is 20.9 Å². The maximum atomic E-state index is 13.3. The van der Waals surface area contributed by atoms with Crippen molar-refractivity contribution in [3.05, 3.63) is 76.6 Å². The van der Waals surface area contributed by atoms with Gasteiger partial charge in [0, 0.05) is 37.6 Å². The Morgan fingerprint density at radius 3 is 2.39 bits per heavy atom. The highest BCUT2D eigenvalue weighted by Crippen LogP contribution is 2.20. The number of nitrogens with zero attached hydrogens (tertiary/aromatic N) is 2. The van der Waals surface area contributed by atoms with Crippen LogP contribution in [0.4, 0.5) is 20.2 Å². The van der Waals surface area contributed by atoms with Gasteiger partial charge in [0.05, 0.1) is 16.9 Å². The maximum absolute atomic E-state index is 13.3. The normalized spacial score (nSPS) is 15.5. The summed E-state index contributed by atoms with van der Waals surface area (Å²) < 4.78 is 26.4. The zero-order chi connectivity index (χ0) is 25.7. The van der Waals surface area contributed by atoms with Crippen LogP contribution in [-0.2, 0) is 0 Å². The fraction of sp³-hybridized carbons (Fsp3) is 0.250. The van der Waals surface area contributed by atoms with E-state index in [9.17, 15) is 23.2 Å². The van der Waals surface area contributed by atoms with Gasteiger partial charge in [-0.1, -0.05) is 11.6 Å². The summed E-state index contributed by atoms with van der Waals surface area (Å²) in [5, 5.41) is 7.98. The number of benzene rings is 2. The van der Waals surface area contributed by atoms with Crippen LogP contribution in [0.5, 0.6) is 0 Å². The molecule has 0 bridgehead atoms. The van der Waals surface area contributed by atoms with Crippen LogP contribution in [0, 0.1) is 5.82 Å². The number of anilines is 2. The molecule has 36 heavy (non-hydrogen) atoms. The first-order valence-corrected chi connectivity index (χ1v) is 11.5. The molecule has 1 aliphatic heterocycles. The molecule has 0 spiro atoms. The Morgan fingerprint density at radius 2 is 1.75 bits per heavy atom. The zero-order valence-electron chi connectivity index (χ0n) is 19.0. The number of carbonyl (C=O) groups excluding carboxylic acids is 3. The summed E-state index contributed by atoms with van der Waals surface area (Å²) in [6, 6.07) is 9.70. The standard InChI is InChI=1S/C24H23ClF2N6O3/c25-19-11-14(26)1-6-18(19)22(34)31-16-2-4-17(5-3-16)32-24(36)21-20(29-13-30-21)23(35)28-8-10-33-9-7-15(27)12-33/h1-6,11,13,15H,7-10,12H2,(H,28,35)(H,29,30)(H,31,34)(H,32,36). The van der Waals surface area contributed by atoms with Crippen LogP contribution in [-0.4, -0.2) is 64.9 Å². The van der Waals surface area contributed by atoms with Crippen molar-refractivity contribution in [2.45, 2.75) is 12.6 Å². The summed E-state index contributed by atoms with van der Waals surface area (Å²) in [7, 11) is 0. The summed E-state index contributed by atoms with van der Waals surface area (Å²) in [5.41, 5.74) is 0.877. The first kappa shape index (κ1) is 25.3. The smallest absolute Gasteiger partial charge is 0.276 e. The number of halogens is 3. The number of imidazole rings is 1. The predicted octanol–water partition coefficient (Wildman–Crippen LogP) is 3.48.